The van der Waals surface area contributed by atoms with Crippen LogP contribution in [-0.2, 0) is 11.3 Å². The highest BCUT2D eigenvalue weighted by molar-refractivity contribution is 5.98. The molecule has 0 radical (unpaired) electrons. The van der Waals surface area contributed by atoms with Crippen molar-refractivity contribution in [2.24, 2.45) is 0 Å². The van der Waals surface area contributed by atoms with E-state index in [2.05, 4.69) is 44.4 Å². The number of aromatic nitrogens is 1. The van der Waals surface area contributed by atoms with Gasteiger partial charge in [-0.25, -0.2) is 4.79 Å². The van der Waals surface area contributed by atoms with Crippen LogP contribution in [0.1, 0.15) is 55.7 Å². The summed E-state index contributed by atoms with van der Waals surface area (Å²) in [5, 5.41) is 5.74. The van der Waals surface area contributed by atoms with Gasteiger partial charge in [0.2, 0.25) is 0 Å². The van der Waals surface area contributed by atoms with Crippen molar-refractivity contribution in [1.29, 1.82) is 0 Å². The number of piperazine rings is 1. The molecule has 1 aromatic heterocycles. The minimum Gasteiger partial charge on any atom is -0.444 e. The van der Waals surface area contributed by atoms with E-state index in [4.69, 9.17) is 4.74 Å². The van der Waals surface area contributed by atoms with E-state index >= 15 is 0 Å². The Labute approximate surface area is 267 Å². The summed E-state index contributed by atoms with van der Waals surface area (Å²) in [6.07, 6.45) is -4.08. The smallest absolute Gasteiger partial charge is 0.444 e. The summed E-state index contributed by atoms with van der Waals surface area (Å²) < 4.78 is 50.8. The first-order valence-electron chi connectivity index (χ1n) is 15.6. The van der Waals surface area contributed by atoms with Gasteiger partial charge in [0.15, 0.2) is 0 Å². The van der Waals surface area contributed by atoms with E-state index in [9.17, 15) is 22.8 Å². The fourth-order valence-electron chi connectivity index (χ4n) is 5.95. The third-order valence-corrected chi connectivity index (χ3v) is 8.12. The third-order valence-electron chi connectivity index (χ3n) is 8.12. The molecule has 0 saturated carbocycles. The van der Waals surface area contributed by atoms with Gasteiger partial charge in [-0.3, -0.25) is 9.69 Å². The summed E-state index contributed by atoms with van der Waals surface area (Å²) in [6, 6.07) is 15.6. The molecule has 3 aromatic rings. The number of rotatable bonds is 9. The Bertz CT molecular complexity index is 1520. The van der Waals surface area contributed by atoms with Gasteiger partial charge in [0, 0.05) is 51.4 Å². The van der Waals surface area contributed by atoms with Gasteiger partial charge in [0.05, 0.1) is 11.7 Å². The highest BCUT2D eigenvalue weighted by Gasteiger charge is 2.33. The molecule has 46 heavy (non-hydrogen) atoms. The van der Waals surface area contributed by atoms with E-state index < -0.39 is 18.1 Å². The van der Waals surface area contributed by atoms with E-state index in [1.54, 1.807) is 32.9 Å². The van der Waals surface area contributed by atoms with Crippen LogP contribution >= 0.6 is 0 Å². The number of hydrogen-bond donors (Lipinski definition) is 2. The number of benzene rings is 2. The number of carbonyl (C=O) groups excluding carboxylic acids is 2. The fraction of sp³-hybridized carbons (Fsp3) is 0.471. The standard InChI is InChI=1S/C34H42F3N5O4/c1-33(2,3)46-32(44)38-14-6-8-26-21-39-31(43)29-20-28(25-7-5-9-27(19-25)45-34(35,36)37)30(42(26)29)24-12-10-23(11-13-24)22-41-17-15-40(4)16-18-41/h5,7,9-13,19-20,26H,6,8,14-18,21-22H2,1-4H3,(H,38,44)(H,39,43)/t26-/m0/s1. The van der Waals surface area contributed by atoms with Crippen LogP contribution in [0.25, 0.3) is 22.4 Å². The molecule has 0 bridgehead atoms. The minimum absolute atomic E-state index is 0.156. The van der Waals surface area contributed by atoms with Gasteiger partial charge in [0.1, 0.15) is 17.0 Å². The van der Waals surface area contributed by atoms with Crippen molar-refractivity contribution in [3.05, 3.63) is 65.9 Å². The molecule has 1 fully saturated rings. The molecular weight excluding hydrogens is 599 g/mol. The summed E-state index contributed by atoms with van der Waals surface area (Å²) in [4.78, 5) is 30.1. The summed E-state index contributed by atoms with van der Waals surface area (Å²) in [6.45, 7) is 11.0. The Morgan fingerprint density at radius 3 is 2.39 bits per heavy atom. The van der Waals surface area contributed by atoms with Crippen LogP contribution in [0.15, 0.2) is 54.6 Å². The van der Waals surface area contributed by atoms with Gasteiger partial charge in [-0.05, 0) is 75.5 Å². The zero-order valence-electron chi connectivity index (χ0n) is 26.7. The summed E-state index contributed by atoms with van der Waals surface area (Å²) in [5.74, 6) is -0.595. The second-order valence-electron chi connectivity index (χ2n) is 12.9. The van der Waals surface area contributed by atoms with Crippen LogP contribution in [0.5, 0.6) is 5.75 Å². The molecule has 3 heterocycles. The van der Waals surface area contributed by atoms with Crippen LogP contribution in [0.4, 0.5) is 18.0 Å². The molecule has 2 aliphatic heterocycles. The van der Waals surface area contributed by atoms with Crippen LogP contribution in [-0.4, -0.2) is 84.6 Å². The van der Waals surface area contributed by atoms with Gasteiger partial charge >= 0.3 is 12.5 Å². The second-order valence-corrected chi connectivity index (χ2v) is 12.9. The van der Waals surface area contributed by atoms with Crippen molar-refractivity contribution in [1.82, 2.24) is 25.0 Å². The van der Waals surface area contributed by atoms with Gasteiger partial charge < -0.3 is 29.6 Å². The average molecular weight is 642 g/mol. The molecule has 0 unspecified atom stereocenters. The molecule has 0 aliphatic carbocycles. The number of amides is 2. The molecule has 2 aromatic carbocycles. The Morgan fingerprint density at radius 2 is 1.72 bits per heavy atom. The lowest BCUT2D eigenvalue weighted by Crippen LogP contribution is -2.43. The zero-order chi connectivity index (χ0) is 33.1. The Morgan fingerprint density at radius 1 is 1.00 bits per heavy atom. The molecule has 1 saturated heterocycles. The van der Waals surface area contributed by atoms with Gasteiger partial charge in [-0.1, -0.05) is 36.4 Å². The first-order valence-corrected chi connectivity index (χ1v) is 15.6. The lowest BCUT2D eigenvalue weighted by molar-refractivity contribution is -0.274. The first kappa shape index (κ1) is 33.3. The molecule has 5 rings (SSSR count). The lowest BCUT2D eigenvalue weighted by atomic mass is 9.99. The van der Waals surface area contributed by atoms with Gasteiger partial charge in [-0.15, -0.1) is 13.2 Å². The van der Waals surface area contributed by atoms with Crippen molar-refractivity contribution < 1.29 is 32.2 Å². The van der Waals surface area contributed by atoms with E-state index in [1.807, 2.05) is 16.7 Å². The maximum atomic E-state index is 13.2. The van der Waals surface area contributed by atoms with Crippen molar-refractivity contribution in [3.63, 3.8) is 0 Å². The number of fused-ring (bicyclic) bond motifs is 1. The van der Waals surface area contributed by atoms with Crippen LogP contribution < -0.4 is 15.4 Å². The quantitative estimate of drug-likeness (QED) is 0.277. The second kappa shape index (κ2) is 13.8. The Kier molecular flexibility index (Phi) is 9.97. The van der Waals surface area contributed by atoms with E-state index in [-0.39, 0.29) is 17.7 Å². The Hall–Kier alpha value is -4.03. The molecule has 12 heteroatoms. The zero-order valence-corrected chi connectivity index (χ0v) is 26.7. The van der Waals surface area contributed by atoms with Gasteiger partial charge in [-0.2, -0.15) is 0 Å². The van der Waals surface area contributed by atoms with Crippen molar-refractivity contribution in [2.75, 3.05) is 46.3 Å². The van der Waals surface area contributed by atoms with Crippen LogP contribution in [0.3, 0.4) is 0 Å². The summed E-state index contributed by atoms with van der Waals surface area (Å²) in [7, 11) is 2.12. The van der Waals surface area contributed by atoms with Crippen LogP contribution in [0, 0.1) is 0 Å². The molecule has 9 nitrogen and oxygen atoms in total. The average Bonchev–Trinajstić information content (AvgIpc) is 3.38. The SMILES string of the molecule is CN1CCN(Cc2ccc(-c3c(-c4cccc(OC(F)(F)F)c4)cc4n3[C@@H](CCCNC(=O)OC(C)(C)C)CNC4=O)cc2)CC1. The normalized spacial score (nSPS) is 17.7. The van der Waals surface area contributed by atoms with E-state index in [1.165, 1.54) is 18.2 Å². The number of nitrogens with one attached hydrogen (secondary N) is 2. The molecule has 2 amide bonds. The summed E-state index contributed by atoms with van der Waals surface area (Å²) >= 11 is 0. The van der Waals surface area contributed by atoms with Crippen molar-refractivity contribution in [2.45, 2.75) is 58.2 Å². The first-order chi connectivity index (χ1) is 21.8. The highest BCUT2D eigenvalue weighted by Crippen LogP contribution is 2.41. The van der Waals surface area contributed by atoms with Crippen molar-refractivity contribution >= 4 is 12.0 Å². The molecule has 2 aliphatic rings. The number of halogens is 3. The third kappa shape index (κ3) is 8.61. The molecule has 2 N–H and O–H groups in total. The number of hydrogen-bond acceptors (Lipinski definition) is 6. The highest BCUT2D eigenvalue weighted by atomic mass is 19.4. The predicted octanol–water partition coefficient (Wildman–Crippen LogP) is 6.06. The molecule has 248 valence electrons. The van der Waals surface area contributed by atoms with E-state index in [0.717, 1.165) is 49.5 Å². The lowest BCUT2D eigenvalue weighted by Gasteiger charge is -2.32. The number of carbonyl (C=O) groups is 2. The molecule has 0 spiro atoms. The Balaban J connectivity index is 1.46. The van der Waals surface area contributed by atoms with E-state index in [0.29, 0.717) is 42.8 Å². The van der Waals surface area contributed by atoms with Crippen molar-refractivity contribution in [3.8, 4) is 28.1 Å². The van der Waals surface area contributed by atoms with Gasteiger partial charge in [0.25, 0.3) is 5.91 Å². The maximum Gasteiger partial charge on any atom is 0.573 e. The minimum atomic E-state index is -4.83. The summed E-state index contributed by atoms with van der Waals surface area (Å²) in [5.41, 5.74) is 3.68. The number of likely N-dealkylation sites (N-methyl/N-ethyl adjacent to an activating group) is 1. The number of ether oxygens (including phenoxy) is 2. The largest absolute Gasteiger partial charge is 0.573 e. The van der Waals surface area contributed by atoms with Crippen LogP contribution in [0.2, 0.25) is 0 Å². The molecule has 1 atom stereocenters. The fourth-order valence-corrected chi connectivity index (χ4v) is 5.95. The number of alkyl carbamates (subject to hydrolysis) is 1. The molecular formula is C34H42F3N5O4. The number of nitrogens with zero attached hydrogens (tertiary/aromatic N) is 3. The topological polar surface area (TPSA) is 88.1 Å². The monoisotopic (exact) mass is 641 g/mol. The predicted molar refractivity (Wildman–Crippen MR) is 170 cm³/mol. The number of alkyl halides is 3. The maximum absolute atomic E-state index is 13.2.